The zero-order chi connectivity index (χ0) is 22.0. The molecule has 156 valence electrons. The summed E-state index contributed by atoms with van der Waals surface area (Å²) in [6.45, 7) is 1.59. The molecule has 1 heterocycles. The molecule has 0 saturated heterocycles. The van der Waals surface area contributed by atoms with Crippen LogP contribution < -0.4 is 21.1 Å². The van der Waals surface area contributed by atoms with Gasteiger partial charge in [-0.05, 0) is 35.9 Å². The van der Waals surface area contributed by atoms with Gasteiger partial charge in [0.15, 0.2) is 6.10 Å². The zero-order valence-electron chi connectivity index (χ0n) is 17.1. The smallest absolute Gasteiger partial charge is 0.279 e. The fraction of sp³-hybridized carbons (Fsp3) is 0.125. The van der Waals surface area contributed by atoms with E-state index in [1.165, 1.54) is 10.6 Å². The summed E-state index contributed by atoms with van der Waals surface area (Å²) >= 11 is 0. The lowest BCUT2D eigenvalue weighted by Crippen LogP contribution is -2.47. The van der Waals surface area contributed by atoms with Gasteiger partial charge in [-0.3, -0.25) is 25.2 Å². The number of hydrazine groups is 1. The Hall–Kier alpha value is -4.13. The van der Waals surface area contributed by atoms with Crippen molar-refractivity contribution in [1.29, 1.82) is 0 Å². The van der Waals surface area contributed by atoms with E-state index in [2.05, 4.69) is 10.9 Å². The van der Waals surface area contributed by atoms with E-state index in [1.54, 1.807) is 44.3 Å². The van der Waals surface area contributed by atoms with Crippen LogP contribution in [-0.2, 0) is 11.8 Å². The fourth-order valence-electron chi connectivity index (χ4n) is 3.38. The monoisotopic (exact) mass is 415 g/mol. The van der Waals surface area contributed by atoms with Crippen LogP contribution in [0, 0.1) is 0 Å². The molecule has 0 bridgehead atoms. The van der Waals surface area contributed by atoms with Crippen LogP contribution in [0.3, 0.4) is 0 Å². The van der Waals surface area contributed by atoms with E-state index in [9.17, 15) is 14.4 Å². The van der Waals surface area contributed by atoms with Gasteiger partial charge in [0.25, 0.3) is 17.4 Å². The van der Waals surface area contributed by atoms with Crippen molar-refractivity contribution in [2.45, 2.75) is 13.0 Å². The molecule has 4 rings (SSSR count). The molecule has 1 atom stereocenters. The molecule has 0 spiro atoms. The van der Waals surface area contributed by atoms with Gasteiger partial charge < -0.3 is 9.30 Å². The molecule has 0 aliphatic carbocycles. The van der Waals surface area contributed by atoms with E-state index < -0.39 is 17.9 Å². The van der Waals surface area contributed by atoms with Crippen LogP contribution >= 0.6 is 0 Å². The Labute approximate surface area is 178 Å². The Bertz CT molecular complexity index is 1360. The van der Waals surface area contributed by atoms with Gasteiger partial charge in [-0.1, -0.05) is 48.5 Å². The minimum absolute atomic E-state index is 0.183. The summed E-state index contributed by atoms with van der Waals surface area (Å²) in [5.41, 5.74) is 5.22. The quantitative estimate of drug-likeness (QED) is 0.502. The lowest BCUT2D eigenvalue weighted by molar-refractivity contribution is -0.128. The van der Waals surface area contributed by atoms with Gasteiger partial charge in [-0.25, -0.2) is 0 Å². The number of para-hydroxylation sites is 1. The average Bonchev–Trinajstić information content (AvgIpc) is 2.79. The third-order valence-electron chi connectivity index (χ3n) is 5.10. The molecule has 7 heteroatoms. The van der Waals surface area contributed by atoms with Crippen molar-refractivity contribution in [3.63, 3.8) is 0 Å². The van der Waals surface area contributed by atoms with Crippen molar-refractivity contribution in [2.75, 3.05) is 0 Å². The Morgan fingerprint density at radius 1 is 0.903 bits per heavy atom. The van der Waals surface area contributed by atoms with E-state index in [0.29, 0.717) is 16.7 Å². The van der Waals surface area contributed by atoms with Crippen molar-refractivity contribution in [1.82, 2.24) is 15.4 Å². The topological polar surface area (TPSA) is 89.4 Å². The largest absolute Gasteiger partial charge is 0.481 e. The molecule has 0 aliphatic heterocycles. The summed E-state index contributed by atoms with van der Waals surface area (Å²) in [7, 11) is 1.64. The number of nitrogens with zero attached hydrogens (tertiary/aromatic N) is 1. The van der Waals surface area contributed by atoms with E-state index >= 15 is 0 Å². The molecule has 0 saturated carbocycles. The number of fused-ring (bicyclic) bond motifs is 2. The van der Waals surface area contributed by atoms with Crippen LogP contribution in [0.2, 0.25) is 0 Å². The van der Waals surface area contributed by atoms with E-state index in [1.807, 2.05) is 36.4 Å². The van der Waals surface area contributed by atoms with Gasteiger partial charge in [0, 0.05) is 18.5 Å². The molecule has 4 aromatic rings. The molecule has 0 fully saturated rings. The maximum absolute atomic E-state index is 12.6. The number of aryl methyl sites for hydroxylation is 1. The summed E-state index contributed by atoms with van der Waals surface area (Å²) in [4.78, 5) is 37.2. The molecule has 7 nitrogen and oxygen atoms in total. The first-order valence-electron chi connectivity index (χ1n) is 9.78. The summed E-state index contributed by atoms with van der Waals surface area (Å²) < 4.78 is 7.17. The first kappa shape index (κ1) is 20.2. The zero-order valence-corrected chi connectivity index (χ0v) is 17.1. The maximum Gasteiger partial charge on any atom is 0.279 e. The minimum atomic E-state index is -0.846. The Kier molecular flexibility index (Phi) is 5.41. The predicted molar refractivity (Wildman–Crippen MR) is 119 cm³/mol. The standard InChI is InChI=1S/C24H21N3O4/c1-15(31-18-12-11-16-7-3-4-8-17(16)13-18)23(29)25-26-24(30)20-14-22(28)27(2)21-10-6-5-9-19(20)21/h3-15H,1-2H3,(H,25,29)(H,26,30). The lowest BCUT2D eigenvalue weighted by atomic mass is 10.1. The fourth-order valence-corrected chi connectivity index (χ4v) is 3.38. The summed E-state index contributed by atoms with van der Waals surface area (Å²) in [5, 5.41) is 2.68. The van der Waals surface area contributed by atoms with E-state index in [4.69, 9.17) is 4.74 Å². The number of hydrogen-bond acceptors (Lipinski definition) is 4. The van der Waals surface area contributed by atoms with Gasteiger partial charge in [0.1, 0.15) is 5.75 Å². The number of aromatic nitrogens is 1. The number of rotatable bonds is 4. The normalized spacial score (nSPS) is 11.8. The van der Waals surface area contributed by atoms with Gasteiger partial charge in [0.05, 0.1) is 11.1 Å². The van der Waals surface area contributed by atoms with E-state index in [0.717, 1.165) is 10.8 Å². The number of pyridine rings is 1. The highest BCUT2D eigenvalue weighted by Crippen LogP contribution is 2.21. The van der Waals surface area contributed by atoms with E-state index in [-0.39, 0.29) is 11.1 Å². The second kappa shape index (κ2) is 8.31. The first-order valence-corrected chi connectivity index (χ1v) is 9.78. The van der Waals surface area contributed by atoms with Crippen molar-refractivity contribution in [3.8, 4) is 5.75 Å². The van der Waals surface area contributed by atoms with Gasteiger partial charge in [-0.2, -0.15) is 0 Å². The number of hydrogen-bond donors (Lipinski definition) is 2. The van der Waals surface area contributed by atoms with Crippen LogP contribution in [0.4, 0.5) is 0 Å². The third-order valence-corrected chi connectivity index (χ3v) is 5.10. The number of amides is 2. The number of benzene rings is 3. The molecule has 1 unspecified atom stereocenters. The molecule has 2 N–H and O–H groups in total. The van der Waals surface area contributed by atoms with Crippen molar-refractivity contribution < 1.29 is 14.3 Å². The van der Waals surface area contributed by atoms with Crippen LogP contribution in [0.25, 0.3) is 21.7 Å². The number of carbonyl (C=O) groups excluding carboxylic acids is 2. The van der Waals surface area contributed by atoms with Gasteiger partial charge in [0.2, 0.25) is 0 Å². The second-order valence-corrected chi connectivity index (χ2v) is 7.18. The molecule has 0 aliphatic rings. The highest BCUT2D eigenvalue weighted by atomic mass is 16.5. The lowest BCUT2D eigenvalue weighted by Gasteiger charge is -2.16. The minimum Gasteiger partial charge on any atom is -0.481 e. The van der Waals surface area contributed by atoms with Gasteiger partial charge in [-0.15, -0.1) is 0 Å². The summed E-state index contributed by atoms with van der Waals surface area (Å²) in [6.07, 6.45) is -0.846. The second-order valence-electron chi connectivity index (χ2n) is 7.18. The van der Waals surface area contributed by atoms with Crippen LogP contribution in [0.15, 0.2) is 77.6 Å². The number of nitrogens with one attached hydrogen (secondary N) is 2. The predicted octanol–water partition coefficient (Wildman–Crippen LogP) is 2.92. The molecule has 0 radical (unpaired) electrons. The Morgan fingerprint density at radius 2 is 1.61 bits per heavy atom. The average molecular weight is 415 g/mol. The summed E-state index contributed by atoms with van der Waals surface area (Å²) in [5.74, 6) is -0.556. The molecular formula is C24H21N3O4. The van der Waals surface area contributed by atoms with Crippen molar-refractivity contribution in [2.24, 2.45) is 7.05 Å². The highest BCUT2D eigenvalue weighted by Gasteiger charge is 2.18. The Morgan fingerprint density at radius 3 is 2.42 bits per heavy atom. The molecule has 3 aromatic carbocycles. The highest BCUT2D eigenvalue weighted by molar-refractivity contribution is 6.06. The maximum atomic E-state index is 12.6. The molecular weight excluding hydrogens is 394 g/mol. The van der Waals surface area contributed by atoms with Crippen molar-refractivity contribution >= 4 is 33.5 Å². The Balaban J connectivity index is 1.44. The van der Waals surface area contributed by atoms with Crippen LogP contribution in [0.1, 0.15) is 17.3 Å². The van der Waals surface area contributed by atoms with Crippen LogP contribution in [-0.4, -0.2) is 22.5 Å². The SMILES string of the molecule is CC(Oc1ccc2ccccc2c1)C(=O)NNC(=O)c1cc(=O)n(C)c2ccccc12. The van der Waals surface area contributed by atoms with Crippen molar-refractivity contribution in [3.05, 3.63) is 88.7 Å². The molecule has 2 amide bonds. The molecule has 1 aromatic heterocycles. The van der Waals surface area contributed by atoms with Gasteiger partial charge >= 0.3 is 0 Å². The first-order chi connectivity index (χ1) is 14.9. The summed E-state index contributed by atoms with van der Waals surface area (Å²) in [6, 6.07) is 21.7. The number of ether oxygens (including phenoxy) is 1. The number of carbonyl (C=O) groups is 2. The third kappa shape index (κ3) is 4.11. The molecule has 31 heavy (non-hydrogen) atoms. The van der Waals surface area contributed by atoms with Crippen LogP contribution in [0.5, 0.6) is 5.75 Å².